The Morgan fingerprint density at radius 2 is 1.89 bits per heavy atom. The van der Waals surface area contributed by atoms with Gasteiger partial charge in [-0.25, -0.2) is 9.97 Å². The Hall–Kier alpha value is -2.49. The van der Waals surface area contributed by atoms with Gasteiger partial charge in [0.25, 0.3) is 0 Å². The number of anilines is 2. The average molecular weight is 383 g/mol. The summed E-state index contributed by atoms with van der Waals surface area (Å²) in [5, 5.41) is 11.8. The van der Waals surface area contributed by atoms with E-state index in [9.17, 15) is 14.9 Å². The Morgan fingerprint density at radius 1 is 1.26 bits per heavy atom. The van der Waals surface area contributed by atoms with Crippen LogP contribution in [0, 0.1) is 10.1 Å². The number of esters is 1. The van der Waals surface area contributed by atoms with Crippen molar-refractivity contribution in [2.75, 3.05) is 50.2 Å². The lowest BCUT2D eigenvalue weighted by Crippen LogP contribution is -2.34. The average Bonchev–Trinajstić information content (AvgIpc) is 2.56. The zero-order valence-electron chi connectivity index (χ0n) is 16.9. The second kappa shape index (κ2) is 10.0. The number of nitro groups is 1. The summed E-state index contributed by atoms with van der Waals surface area (Å²) >= 11 is 0. The maximum atomic E-state index is 12.1. The zero-order chi connectivity index (χ0) is 20.6. The number of methoxy groups -OCH3 is 1. The van der Waals surface area contributed by atoms with E-state index in [0.717, 1.165) is 6.42 Å². The first-order valence-electron chi connectivity index (χ1n) is 8.77. The molecule has 0 aliphatic carbocycles. The maximum Gasteiger partial charge on any atom is 0.353 e. The molecule has 0 aromatic carbocycles. The molecule has 1 heterocycles. The molecule has 1 aromatic heterocycles. The highest BCUT2D eigenvalue weighted by Crippen LogP contribution is 2.33. The summed E-state index contributed by atoms with van der Waals surface area (Å²) in [6.45, 7) is 8.53. The van der Waals surface area contributed by atoms with Gasteiger partial charge in [-0.05, 0) is 27.2 Å². The van der Waals surface area contributed by atoms with Gasteiger partial charge in [0.2, 0.25) is 11.6 Å². The molecular formula is C17H29N5O5. The lowest BCUT2D eigenvalue weighted by atomic mass is 10.2. The second-order valence-corrected chi connectivity index (χ2v) is 7.05. The van der Waals surface area contributed by atoms with E-state index < -0.39 is 16.5 Å². The molecule has 0 N–H and O–H groups in total. The minimum Gasteiger partial charge on any atom is -0.459 e. The largest absolute Gasteiger partial charge is 0.459 e. The monoisotopic (exact) mass is 383 g/mol. The number of hydrogen-bond acceptors (Lipinski definition) is 9. The van der Waals surface area contributed by atoms with E-state index in [4.69, 9.17) is 9.47 Å². The molecule has 0 saturated heterocycles. The van der Waals surface area contributed by atoms with Crippen molar-refractivity contribution in [3.05, 3.63) is 16.4 Å². The molecule has 0 aliphatic rings. The standard InChI is InChI=1S/C17H29N5O5/c1-7-8-21(9-10-26-6)16-14(22(24)25)15(18-12-19-16)20(5)11-13(23)27-17(2,3)4/h12H,7-11H2,1-6H3. The van der Waals surface area contributed by atoms with Crippen molar-refractivity contribution in [3.63, 3.8) is 0 Å². The predicted molar refractivity (Wildman–Crippen MR) is 102 cm³/mol. The number of aromatic nitrogens is 2. The number of hydrogen-bond donors (Lipinski definition) is 0. The van der Waals surface area contributed by atoms with Crippen LogP contribution in [0.1, 0.15) is 34.1 Å². The second-order valence-electron chi connectivity index (χ2n) is 7.05. The summed E-state index contributed by atoms with van der Waals surface area (Å²) in [7, 11) is 3.13. The first kappa shape index (κ1) is 22.6. The van der Waals surface area contributed by atoms with E-state index in [1.807, 2.05) is 6.92 Å². The molecule has 0 spiro atoms. The third-order valence-corrected chi connectivity index (χ3v) is 3.47. The third kappa shape index (κ3) is 6.97. The van der Waals surface area contributed by atoms with Crippen LogP contribution >= 0.6 is 0 Å². The van der Waals surface area contributed by atoms with Gasteiger partial charge in [-0.15, -0.1) is 0 Å². The van der Waals surface area contributed by atoms with Gasteiger partial charge in [0.15, 0.2) is 0 Å². The van der Waals surface area contributed by atoms with Crippen molar-refractivity contribution in [2.24, 2.45) is 0 Å². The van der Waals surface area contributed by atoms with Crippen molar-refractivity contribution in [1.29, 1.82) is 0 Å². The van der Waals surface area contributed by atoms with Crippen molar-refractivity contribution >= 4 is 23.3 Å². The van der Waals surface area contributed by atoms with Gasteiger partial charge in [-0.2, -0.15) is 0 Å². The Labute approximate surface area is 159 Å². The minimum absolute atomic E-state index is 0.0642. The van der Waals surface area contributed by atoms with E-state index in [-0.39, 0.29) is 23.9 Å². The molecule has 27 heavy (non-hydrogen) atoms. The quantitative estimate of drug-likeness (QED) is 0.340. The Kier molecular flexibility index (Phi) is 8.35. The highest BCUT2D eigenvalue weighted by molar-refractivity contribution is 5.79. The SMILES string of the molecule is CCCN(CCOC)c1ncnc(N(C)CC(=O)OC(C)(C)C)c1[N+](=O)[O-]. The van der Waals surface area contributed by atoms with E-state index in [2.05, 4.69) is 9.97 Å². The van der Waals surface area contributed by atoms with Crippen LogP contribution in [0.2, 0.25) is 0 Å². The van der Waals surface area contributed by atoms with Gasteiger partial charge in [0.05, 0.1) is 11.5 Å². The van der Waals surface area contributed by atoms with E-state index >= 15 is 0 Å². The summed E-state index contributed by atoms with van der Waals surface area (Å²) in [5.41, 5.74) is -0.883. The highest BCUT2D eigenvalue weighted by atomic mass is 16.6. The molecule has 0 atom stereocenters. The number of ether oxygens (including phenoxy) is 2. The van der Waals surface area contributed by atoms with Crippen LogP contribution in [0.5, 0.6) is 0 Å². The van der Waals surface area contributed by atoms with Crippen molar-refractivity contribution in [2.45, 2.75) is 39.7 Å². The van der Waals surface area contributed by atoms with E-state index in [0.29, 0.717) is 19.7 Å². The molecule has 10 heteroatoms. The highest BCUT2D eigenvalue weighted by Gasteiger charge is 2.30. The molecule has 0 saturated carbocycles. The molecule has 0 amide bonds. The molecule has 0 aliphatic heterocycles. The van der Waals surface area contributed by atoms with Gasteiger partial charge >= 0.3 is 11.7 Å². The summed E-state index contributed by atoms with van der Waals surface area (Å²) in [6, 6.07) is 0. The Balaban J connectivity index is 3.20. The fraction of sp³-hybridized carbons (Fsp3) is 0.706. The number of rotatable bonds is 10. The van der Waals surface area contributed by atoms with Crippen LogP contribution < -0.4 is 9.80 Å². The molecule has 0 radical (unpaired) electrons. The normalized spacial score (nSPS) is 11.2. The topological polar surface area (TPSA) is 111 Å². The lowest BCUT2D eigenvalue weighted by Gasteiger charge is -2.25. The van der Waals surface area contributed by atoms with Gasteiger partial charge < -0.3 is 19.3 Å². The van der Waals surface area contributed by atoms with Crippen LogP contribution in [0.15, 0.2) is 6.33 Å². The number of nitrogens with zero attached hydrogens (tertiary/aromatic N) is 5. The fourth-order valence-corrected chi connectivity index (χ4v) is 2.47. The smallest absolute Gasteiger partial charge is 0.353 e. The van der Waals surface area contributed by atoms with E-state index in [1.54, 1.807) is 39.8 Å². The third-order valence-electron chi connectivity index (χ3n) is 3.47. The van der Waals surface area contributed by atoms with Crippen molar-refractivity contribution in [1.82, 2.24) is 9.97 Å². The van der Waals surface area contributed by atoms with Gasteiger partial charge in [-0.3, -0.25) is 14.9 Å². The summed E-state index contributed by atoms with van der Waals surface area (Å²) in [4.78, 5) is 34.7. The van der Waals surface area contributed by atoms with Gasteiger partial charge in [-0.1, -0.05) is 6.92 Å². The summed E-state index contributed by atoms with van der Waals surface area (Å²) in [5.74, 6) is -0.224. The van der Waals surface area contributed by atoms with E-state index in [1.165, 1.54) is 11.2 Å². The molecule has 10 nitrogen and oxygen atoms in total. The molecule has 1 rings (SSSR count). The molecule has 1 aromatic rings. The molecule has 0 unspecified atom stereocenters. The molecule has 0 fully saturated rings. The van der Waals surface area contributed by atoms with Gasteiger partial charge in [0, 0.05) is 27.2 Å². The van der Waals surface area contributed by atoms with Crippen LogP contribution in [-0.4, -0.2) is 66.9 Å². The van der Waals surface area contributed by atoms with Gasteiger partial charge in [0.1, 0.15) is 18.5 Å². The lowest BCUT2D eigenvalue weighted by molar-refractivity contribution is -0.383. The first-order chi connectivity index (χ1) is 12.6. The summed E-state index contributed by atoms with van der Waals surface area (Å²) < 4.78 is 10.4. The van der Waals surface area contributed by atoms with Crippen molar-refractivity contribution in [3.8, 4) is 0 Å². The summed E-state index contributed by atoms with van der Waals surface area (Å²) in [6.07, 6.45) is 2.05. The van der Waals surface area contributed by atoms with Crippen LogP contribution in [0.4, 0.5) is 17.3 Å². The number of carbonyl (C=O) groups is 1. The van der Waals surface area contributed by atoms with Crippen LogP contribution in [-0.2, 0) is 14.3 Å². The van der Waals surface area contributed by atoms with Crippen molar-refractivity contribution < 1.29 is 19.2 Å². The number of likely N-dealkylation sites (N-methyl/N-ethyl adjacent to an activating group) is 1. The number of carbonyl (C=O) groups excluding carboxylic acids is 1. The zero-order valence-corrected chi connectivity index (χ0v) is 16.9. The predicted octanol–water partition coefficient (Wildman–Crippen LogP) is 2.03. The minimum atomic E-state index is -0.640. The Morgan fingerprint density at radius 3 is 2.41 bits per heavy atom. The molecular weight excluding hydrogens is 354 g/mol. The van der Waals surface area contributed by atoms with Crippen LogP contribution in [0.3, 0.4) is 0 Å². The maximum absolute atomic E-state index is 12.1. The van der Waals surface area contributed by atoms with Crippen LogP contribution in [0.25, 0.3) is 0 Å². The first-order valence-corrected chi connectivity index (χ1v) is 8.77. The fourth-order valence-electron chi connectivity index (χ4n) is 2.47. The Bertz CT molecular complexity index is 647. The molecule has 152 valence electrons. The molecule has 0 bridgehead atoms.